The van der Waals surface area contributed by atoms with Gasteiger partial charge >= 0.3 is 0 Å². The molecule has 4 aromatic rings. The molecule has 0 spiro atoms. The molecule has 8 nitrogen and oxygen atoms in total. The predicted octanol–water partition coefficient (Wildman–Crippen LogP) is 4.71. The van der Waals surface area contributed by atoms with Crippen molar-refractivity contribution < 1.29 is 14.3 Å². The minimum Gasteiger partial charge on any atom is -0.479 e. The van der Waals surface area contributed by atoms with Crippen molar-refractivity contribution in [3.63, 3.8) is 0 Å². The Labute approximate surface area is 204 Å². The normalized spacial score (nSPS) is 11.9. The fraction of sp³-hybridized carbons (Fsp3) is 0.182. The lowest BCUT2D eigenvalue weighted by atomic mass is 10.2. The molecular weight excluding hydrogens is 489 g/mol. The third-order valence-electron chi connectivity index (χ3n) is 4.57. The largest absolute Gasteiger partial charge is 0.479 e. The van der Waals surface area contributed by atoms with Gasteiger partial charge in [0, 0.05) is 16.7 Å². The van der Waals surface area contributed by atoms with E-state index in [0.717, 1.165) is 0 Å². The Morgan fingerprint density at radius 3 is 2.67 bits per heavy atom. The second-order valence-corrected chi connectivity index (χ2v) is 8.17. The summed E-state index contributed by atoms with van der Waals surface area (Å²) in [7, 11) is 0. The van der Waals surface area contributed by atoms with Gasteiger partial charge in [0.05, 0.1) is 16.6 Å². The number of halogens is 3. The first kappa shape index (κ1) is 23.1. The number of hydrogen-bond acceptors (Lipinski definition) is 6. The number of nitrogens with zero attached hydrogens (tertiary/aromatic N) is 4. The molecule has 0 saturated heterocycles. The number of carbonyl (C=O) groups excluding carboxylic acids is 1. The van der Waals surface area contributed by atoms with E-state index in [1.807, 2.05) is 18.2 Å². The molecule has 1 N–H and O–H groups in total. The van der Waals surface area contributed by atoms with E-state index in [4.69, 9.17) is 44.3 Å². The molecule has 2 aromatic carbocycles. The van der Waals surface area contributed by atoms with Gasteiger partial charge in [-0.2, -0.15) is 4.52 Å². The van der Waals surface area contributed by atoms with Crippen LogP contribution in [0.2, 0.25) is 15.1 Å². The van der Waals surface area contributed by atoms with Gasteiger partial charge in [0.25, 0.3) is 5.91 Å². The van der Waals surface area contributed by atoms with Crippen LogP contribution in [-0.2, 0) is 4.79 Å². The molecule has 170 valence electrons. The molecule has 1 atom stereocenters. The van der Waals surface area contributed by atoms with Gasteiger partial charge in [-0.15, -0.1) is 15.3 Å². The maximum atomic E-state index is 12.3. The van der Waals surface area contributed by atoms with Crippen LogP contribution in [0.25, 0.3) is 17.0 Å². The lowest BCUT2D eigenvalue weighted by Crippen LogP contribution is -2.38. The molecule has 0 fully saturated rings. The van der Waals surface area contributed by atoms with Crippen LogP contribution >= 0.6 is 34.8 Å². The van der Waals surface area contributed by atoms with Crippen LogP contribution in [0.5, 0.6) is 11.6 Å². The van der Waals surface area contributed by atoms with E-state index < -0.39 is 6.10 Å². The van der Waals surface area contributed by atoms with Crippen molar-refractivity contribution in [2.45, 2.75) is 13.0 Å². The van der Waals surface area contributed by atoms with Crippen molar-refractivity contribution in [2.75, 3.05) is 13.2 Å². The smallest absolute Gasteiger partial charge is 0.260 e. The van der Waals surface area contributed by atoms with Gasteiger partial charge in [0.1, 0.15) is 12.4 Å². The zero-order valence-electron chi connectivity index (χ0n) is 17.3. The van der Waals surface area contributed by atoms with Gasteiger partial charge < -0.3 is 14.8 Å². The van der Waals surface area contributed by atoms with E-state index in [9.17, 15) is 4.79 Å². The van der Waals surface area contributed by atoms with Gasteiger partial charge in [-0.1, -0.05) is 46.9 Å². The fourth-order valence-corrected chi connectivity index (χ4v) is 3.62. The second-order valence-electron chi connectivity index (χ2n) is 6.92. The van der Waals surface area contributed by atoms with Gasteiger partial charge in [0.15, 0.2) is 17.6 Å². The first-order valence-electron chi connectivity index (χ1n) is 9.92. The number of rotatable bonds is 8. The molecule has 0 saturated carbocycles. The second kappa shape index (κ2) is 10.2. The third-order valence-corrected chi connectivity index (χ3v) is 5.43. The third kappa shape index (κ3) is 5.47. The van der Waals surface area contributed by atoms with E-state index in [1.54, 1.807) is 47.8 Å². The van der Waals surface area contributed by atoms with Crippen LogP contribution in [0.1, 0.15) is 6.92 Å². The van der Waals surface area contributed by atoms with Crippen molar-refractivity contribution in [2.24, 2.45) is 0 Å². The number of benzene rings is 2. The minimum absolute atomic E-state index is 0.197. The summed E-state index contributed by atoms with van der Waals surface area (Å²) in [5.74, 6) is 0.914. The highest BCUT2D eigenvalue weighted by Gasteiger charge is 2.16. The Bertz CT molecular complexity index is 1300. The number of ether oxygens (including phenoxy) is 2. The highest BCUT2D eigenvalue weighted by molar-refractivity contribution is 6.35. The van der Waals surface area contributed by atoms with Crippen molar-refractivity contribution in [1.29, 1.82) is 0 Å². The van der Waals surface area contributed by atoms with Crippen LogP contribution in [0, 0.1) is 0 Å². The van der Waals surface area contributed by atoms with E-state index in [1.165, 1.54) is 0 Å². The van der Waals surface area contributed by atoms with Gasteiger partial charge in [-0.25, -0.2) is 0 Å². The maximum Gasteiger partial charge on any atom is 0.260 e. The van der Waals surface area contributed by atoms with E-state index in [-0.39, 0.29) is 19.1 Å². The number of aromatic nitrogens is 4. The number of nitrogens with one attached hydrogen (secondary N) is 1. The average molecular weight is 507 g/mol. The summed E-state index contributed by atoms with van der Waals surface area (Å²) in [6.45, 7) is 2.07. The highest BCUT2D eigenvalue weighted by atomic mass is 35.5. The standard InChI is InChI=1S/C22H18Cl3N5O3/c1-13(33-18-7-6-14(23)12-17(18)25)22(31)26-10-11-32-20-9-8-19-27-28-21(30(19)29-20)15-4-2-3-5-16(15)24/h2-9,12-13H,10-11H2,1H3,(H,26,31). The number of amides is 1. The Balaban J connectivity index is 1.33. The Kier molecular flexibility index (Phi) is 7.17. The number of fused-ring (bicyclic) bond motifs is 1. The predicted molar refractivity (Wildman–Crippen MR) is 126 cm³/mol. The molecule has 2 aromatic heterocycles. The van der Waals surface area contributed by atoms with E-state index in [0.29, 0.717) is 43.7 Å². The molecule has 1 amide bonds. The monoisotopic (exact) mass is 505 g/mol. The summed E-state index contributed by atoms with van der Waals surface area (Å²) in [6.07, 6.45) is -0.756. The molecule has 0 radical (unpaired) electrons. The summed E-state index contributed by atoms with van der Waals surface area (Å²) in [4.78, 5) is 12.3. The summed E-state index contributed by atoms with van der Waals surface area (Å²) in [5, 5.41) is 16.8. The van der Waals surface area contributed by atoms with Crippen LogP contribution in [-0.4, -0.2) is 45.0 Å². The van der Waals surface area contributed by atoms with Gasteiger partial charge in [0.2, 0.25) is 5.88 Å². The molecular formula is C22H18Cl3N5O3. The zero-order valence-corrected chi connectivity index (χ0v) is 19.6. The number of hydrogen-bond donors (Lipinski definition) is 1. The molecule has 0 aliphatic rings. The van der Waals surface area contributed by atoms with E-state index >= 15 is 0 Å². The summed E-state index contributed by atoms with van der Waals surface area (Å²) < 4.78 is 12.8. The molecule has 33 heavy (non-hydrogen) atoms. The molecule has 4 rings (SSSR count). The van der Waals surface area contributed by atoms with Crippen LogP contribution in [0.15, 0.2) is 54.6 Å². The molecule has 0 aliphatic carbocycles. The topological polar surface area (TPSA) is 90.6 Å². The van der Waals surface area contributed by atoms with Crippen molar-refractivity contribution >= 4 is 46.4 Å². The van der Waals surface area contributed by atoms with Crippen molar-refractivity contribution in [3.05, 3.63) is 69.7 Å². The number of carbonyl (C=O) groups is 1. The summed E-state index contributed by atoms with van der Waals surface area (Å²) in [6, 6.07) is 15.5. The summed E-state index contributed by atoms with van der Waals surface area (Å²) in [5.41, 5.74) is 1.26. The highest BCUT2D eigenvalue weighted by Crippen LogP contribution is 2.28. The Hall–Kier alpha value is -3.07. The lowest BCUT2D eigenvalue weighted by molar-refractivity contribution is -0.127. The van der Waals surface area contributed by atoms with Gasteiger partial charge in [-0.05, 0) is 43.3 Å². The molecule has 0 aliphatic heterocycles. The SMILES string of the molecule is CC(Oc1ccc(Cl)cc1Cl)C(=O)NCCOc1ccc2nnc(-c3ccccc3Cl)n2n1. The minimum atomic E-state index is -0.756. The van der Waals surface area contributed by atoms with Crippen LogP contribution in [0.4, 0.5) is 0 Å². The van der Waals surface area contributed by atoms with E-state index in [2.05, 4.69) is 20.6 Å². The molecule has 11 heteroatoms. The Morgan fingerprint density at radius 2 is 1.88 bits per heavy atom. The Morgan fingerprint density at radius 1 is 1.06 bits per heavy atom. The van der Waals surface area contributed by atoms with Crippen LogP contribution in [0.3, 0.4) is 0 Å². The molecule has 0 bridgehead atoms. The van der Waals surface area contributed by atoms with Crippen molar-refractivity contribution in [1.82, 2.24) is 25.1 Å². The summed E-state index contributed by atoms with van der Waals surface area (Å²) >= 11 is 18.2. The first-order chi connectivity index (χ1) is 15.9. The van der Waals surface area contributed by atoms with Crippen molar-refractivity contribution in [3.8, 4) is 23.0 Å². The fourth-order valence-electron chi connectivity index (χ4n) is 2.95. The first-order valence-corrected chi connectivity index (χ1v) is 11.1. The molecule has 2 heterocycles. The van der Waals surface area contributed by atoms with Crippen LogP contribution < -0.4 is 14.8 Å². The van der Waals surface area contributed by atoms with Gasteiger partial charge in [-0.3, -0.25) is 4.79 Å². The maximum absolute atomic E-state index is 12.3. The quantitative estimate of drug-likeness (QED) is 0.348. The lowest BCUT2D eigenvalue weighted by Gasteiger charge is -2.16. The molecule has 1 unspecified atom stereocenters. The average Bonchev–Trinajstić information content (AvgIpc) is 3.21. The zero-order chi connectivity index (χ0) is 23.4.